The van der Waals surface area contributed by atoms with Crippen LogP contribution in [-0.4, -0.2) is 22.4 Å². The van der Waals surface area contributed by atoms with Gasteiger partial charge in [-0.25, -0.2) is 9.69 Å². The molecule has 1 aromatic heterocycles. The number of nitrogens with zero attached hydrogens (tertiary/aromatic N) is 2. The molecule has 29 heavy (non-hydrogen) atoms. The Kier molecular flexibility index (Phi) is 4.54. The minimum absolute atomic E-state index is 0.0751. The van der Waals surface area contributed by atoms with E-state index >= 15 is 0 Å². The zero-order valence-electron chi connectivity index (χ0n) is 16.5. The van der Waals surface area contributed by atoms with Crippen LogP contribution in [0.1, 0.15) is 30.9 Å². The molecule has 4 rings (SSSR count). The van der Waals surface area contributed by atoms with Gasteiger partial charge in [0.2, 0.25) is 0 Å². The van der Waals surface area contributed by atoms with Crippen LogP contribution < -0.4 is 10.2 Å². The molecule has 1 saturated heterocycles. The monoisotopic (exact) mass is 387 g/mol. The predicted molar refractivity (Wildman–Crippen MR) is 112 cm³/mol. The number of barbiturate groups is 1. The van der Waals surface area contributed by atoms with E-state index in [0.717, 1.165) is 26.9 Å². The average molecular weight is 387 g/mol. The maximum atomic E-state index is 13.1. The summed E-state index contributed by atoms with van der Waals surface area (Å²) >= 11 is 0. The highest BCUT2D eigenvalue weighted by atomic mass is 16.2. The molecule has 0 spiro atoms. The van der Waals surface area contributed by atoms with Crippen LogP contribution in [0, 0.1) is 0 Å². The van der Waals surface area contributed by atoms with Crippen LogP contribution in [0.4, 0.5) is 10.5 Å². The van der Waals surface area contributed by atoms with Crippen LogP contribution >= 0.6 is 0 Å². The molecule has 0 atom stereocenters. The van der Waals surface area contributed by atoms with Crippen LogP contribution in [0.15, 0.2) is 60.3 Å². The van der Waals surface area contributed by atoms with Gasteiger partial charge in [-0.15, -0.1) is 0 Å². The minimum atomic E-state index is -0.743. The molecule has 1 N–H and O–H groups in total. The molecule has 0 radical (unpaired) electrons. The van der Waals surface area contributed by atoms with Gasteiger partial charge in [0.1, 0.15) is 5.57 Å². The lowest BCUT2D eigenvalue weighted by atomic mass is 10.0. The highest BCUT2D eigenvalue weighted by molar-refractivity contribution is 6.39. The third kappa shape index (κ3) is 3.23. The van der Waals surface area contributed by atoms with E-state index in [4.69, 9.17) is 0 Å². The van der Waals surface area contributed by atoms with Gasteiger partial charge in [0, 0.05) is 29.7 Å². The maximum Gasteiger partial charge on any atom is 0.335 e. The number of aromatic nitrogens is 1. The molecule has 2 aromatic carbocycles. The van der Waals surface area contributed by atoms with Crippen LogP contribution in [-0.2, 0) is 16.6 Å². The molecule has 6 nitrogen and oxygen atoms in total. The third-order valence-electron chi connectivity index (χ3n) is 5.15. The fourth-order valence-electron chi connectivity index (χ4n) is 3.54. The molecule has 2 heterocycles. The van der Waals surface area contributed by atoms with Crippen LogP contribution in [0.3, 0.4) is 0 Å². The lowest BCUT2D eigenvalue weighted by Gasteiger charge is -2.26. The third-order valence-corrected chi connectivity index (χ3v) is 5.15. The first-order chi connectivity index (χ1) is 13.9. The number of carbonyl (C=O) groups excluding carboxylic acids is 3. The number of fused-ring (bicyclic) bond motifs is 1. The first kappa shape index (κ1) is 18.7. The maximum absolute atomic E-state index is 13.1. The Bertz CT molecular complexity index is 1170. The molecule has 146 valence electrons. The zero-order valence-corrected chi connectivity index (χ0v) is 16.5. The van der Waals surface area contributed by atoms with Crippen molar-refractivity contribution < 1.29 is 14.4 Å². The second kappa shape index (κ2) is 7.05. The molecule has 1 aliphatic rings. The van der Waals surface area contributed by atoms with Crippen molar-refractivity contribution in [2.24, 2.45) is 7.05 Å². The summed E-state index contributed by atoms with van der Waals surface area (Å²) in [5.74, 6) is -0.995. The first-order valence-electron chi connectivity index (χ1n) is 9.42. The van der Waals surface area contributed by atoms with Gasteiger partial charge in [0.25, 0.3) is 11.8 Å². The largest absolute Gasteiger partial charge is 0.350 e. The lowest BCUT2D eigenvalue weighted by Crippen LogP contribution is -2.54. The van der Waals surface area contributed by atoms with Gasteiger partial charge in [-0.2, -0.15) is 0 Å². The molecule has 6 heteroatoms. The van der Waals surface area contributed by atoms with E-state index in [1.54, 1.807) is 18.2 Å². The summed E-state index contributed by atoms with van der Waals surface area (Å²) in [6.45, 7) is 4.13. The quantitative estimate of drug-likeness (QED) is 0.546. The zero-order chi connectivity index (χ0) is 20.7. The summed E-state index contributed by atoms with van der Waals surface area (Å²) in [5.41, 5.74) is 3.18. The molecular formula is C23H21N3O3. The van der Waals surface area contributed by atoms with Crippen molar-refractivity contribution in [1.82, 2.24) is 9.88 Å². The summed E-state index contributed by atoms with van der Waals surface area (Å²) < 4.78 is 1.93. The van der Waals surface area contributed by atoms with Crippen molar-refractivity contribution in [2.45, 2.75) is 19.8 Å². The van der Waals surface area contributed by atoms with Crippen molar-refractivity contribution in [3.05, 3.63) is 71.4 Å². The van der Waals surface area contributed by atoms with E-state index in [0.29, 0.717) is 11.6 Å². The Morgan fingerprint density at radius 2 is 1.66 bits per heavy atom. The fourth-order valence-corrected chi connectivity index (χ4v) is 3.54. The highest BCUT2D eigenvalue weighted by Gasteiger charge is 2.37. The summed E-state index contributed by atoms with van der Waals surface area (Å²) in [5, 5.41) is 3.20. The number of anilines is 1. The molecule has 0 saturated carbocycles. The smallest absolute Gasteiger partial charge is 0.335 e. The van der Waals surface area contributed by atoms with Gasteiger partial charge >= 0.3 is 6.03 Å². The number of hydrogen-bond donors (Lipinski definition) is 1. The van der Waals surface area contributed by atoms with E-state index in [-0.39, 0.29) is 5.57 Å². The van der Waals surface area contributed by atoms with Gasteiger partial charge < -0.3 is 4.57 Å². The number of amides is 4. The standard InChI is InChI=1S/C23H21N3O3/c1-14(2)15-8-10-17(11-9-15)26-22(28)19(21(27)24-23(26)29)12-16-13-25(3)20-7-5-4-6-18(16)20/h4-14H,1-3H3,(H,24,27,29)/b19-12-. The number of carbonyl (C=O) groups is 3. The Balaban J connectivity index is 1.76. The molecule has 0 bridgehead atoms. The van der Waals surface area contributed by atoms with Crippen LogP contribution in [0.2, 0.25) is 0 Å². The van der Waals surface area contributed by atoms with E-state index in [1.165, 1.54) is 0 Å². The second-order valence-corrected chi connectivity index (χ2v) is 7.42. The first-order valence-corrected chi connectivity index (χ1v) is 9.42. The Hall–Kier alpha value is -3.67. The van der Waals surface area contributed by atoms with Gasteiger partial charge in [-0.05, 0) is 35.8 Å². The number of hydrogen-bond acceptors (Lipinski definition) is 3. The summed E-state index contributed by atoms with van der Waals surface area (Å²) in [6.07, 6.45) is 3.40. The number of nitrogens with one attached hydrogen (secondary N) is 1. The molecule has 0 aliphatic carbocycles. The Morgan fingerprint density at radius 3 is 2.34 bits per heavy atom. The minimum Gasteiger partial charge on any atom is -0.350 e. The number of benzene rings is 2. The van der Waals surface area contributed by atoms with Crippen molar-refractivity contribution in [3.8, 4) is 0 Å². The molecule has 1 aliphatic heterocycles. The van der Waals surface area contributed by atoms with Gasteiger partial charge in [-0.1, -0.05) is 44.2 Å². The SMILES string of the molecule is CC(C)c1ccc(N2C(=O)NC(=O)/C(=C/c3cn(C)c4ccccc34)C2=O)cc1. The Morgan fingerprint density at radius 1 is 0.966 bits per heavy atom. The van der Waals surface area contributed by atoms with E-state index in [2.05, 4.69) is 19.2 Å². The van der Waals surface area contributed by atoms with E-state index in [1.807, 2.05) is 54.2 Å². The van der Waals surface area contributed by atoms with Crippen molar-refractivity contribution in [3.63, 3.8) is 0 Å². The predicted octanol–water partition coefficient (Wildman–Crippen LogP) is 3.97. The highest BCUT2D eigenvalue weighted by Crippen LogP contribution is 2.27. The Labute approximate surface area is 168 Å². The van der Waals surface area contributed by atoms with Crippen LogP contribution in [0.5, 0.6) is 0 Å². The summed E-state index contributed by atoms with van der Waals surface area (Å²) in [7, 11) is 1.90. The lowest BCUT2D eigenvalue weighted by molar-refractivity contribution is -0.122. The van der Waals surface area contributed by atoms with Crippen molar-refractivity contribution in [2.75, 3.05) is 4.90 Å². The molecule has 3 aromatic rings. The normalized spacial score (nSPS) is 16.2. The van der Waals surface area contributed by atoms with E-state index in [9.17, 15) is 14.4 Å². The van der Waals surface area contributed by atoms with Crippen LogP contribution in [0.25, 0.3) is 17.0 Å². The second-order valence-electron chi connectivity index (χ2n) is 7.42. The van der Waals surface area contributed by atoms with Crippen molar-refractivity contribution >= 4 is 40.5 Å². The number of rotatable bonds is 3. The number of aryl methyl sites for hydroxylation is 1. The van der Waals surface area contributed by atoms with E-state index < -0.39 is 17.8 Å². The number of imide groups is 2. The summed E-state index contributed by atoms with van der Waals surface area (Å²) in [6, 6.07) is 14.2. The fraction of sp³-hybridized carbons (Fsp3) is 0.174. The molecule has 4 amide bonds. The van der Waals surface area contributed by atoms with Gasteiger partial charge in [-0.3, -0.25) is 14.9 Å². The molecular weight excluding hydrogens is 366 g/mol. The topological polar surface area (TPSA) is 71.4 Å². The van der Waals surface area contributed by atoms with Crippen molar-refractivity contribution in [1.29, 1.82) is 0 Å². The summed E-state index contributed by atoms with van der Waals surface area (Å²) in [4.78, 5) is 38.9. The van der Waals surface area contributed by atoms with Gasteiger partial charge in [0.05, 0.1) is 5.69 Å². The number of para-hydroxylation sites is 1. The average Bonchev–Trinajstić information content (AvgIpc) is 3.01. The number of urea groups is 1. The molecule has 1 fully saturated rings. The molecule has 0 unspecified atom stereocenters. The van der Waals surface area contributed by atoms with Gasteiger partial charge in [0.15, 0.2) is 0 Å².